The largest absolute Gasteiger partial charge is 0.354 e. The van der Waals surface area contributed by atoms with Crippen LogP contribution in [0.25, 0.3) is 0 Å². The summed E-state index contributed by atoms with van der Waals surface area (Å²) in [5.41, 5.74) is 0. The minimum Gasteiger partial charge on any atom is -0.354 e. The van der Waals surface area contributed by atoms with Crippen molar-refractivity contribution >= 4 is 5.78 Å². The molecule has 0 spiro atoms. The van der Waals surface area contributed by atoms with E-state index in [4.69, 9.17) is 4.74 Å². The van der Waals surface area contributed by atoms with Crippen LogP contribution < -0.4 is 0 Å². The van der Waals surface area contributed by atoms with Gasteiger partial charge >= 0.3 is 0 Å². The van der Waals surface area contributed by atoms with Gasteiger partial charge < -0.3 is 4.74 Å². The molecule has 1 atom stereocenters. The zero-order chi connectivity index (χ0) is 6.85. The lowest BCUT2D eigenvalue weighted by Gasteiger charge is -2.13. The Morgan fingerprint density at radius 2 is 2.44 bits per heavy atom. The van der Waals surface area contributed by atoms with Gasteiger partial charge in [0.05, 0.1) is 6.61 Å². The number of nitrogens with zero attached hydrogens (tertiary/aromatic N) is 1. The highest BCUT2D eigenvalue weighted by Crippen LogP contribution is 2.06. The average molecular weight is 129 g/mol. The maximum Gasteiger partial charge on any atom is 0.173 e. The number of hydrogen-bond donors (Lipinski definition) is 0. The molecule has 0 unspecified atom stereocenters. The Balaban J connectivity index is 2.49. The fourth-order valence-corrected chi connectivity index (χ4v) is 0.981. The molecule has 0 aromatic heterocycles. The van der Waals surface area contributed by atoms with Crippen molar-refractivity contribution in [3.8, 4) is 0 Å². The van der Waals surface area contributed by atoms with Crippen LogP contribution in [0, 0.1) is 0 Å². The second-order valence-electron chi connectivity index (χ2n) is 2.31. The van der Waals surface area contributed by atoms with Gasteiger partial charge in [-0.2, -0.15) is 0 Å². The van der Waals surface area contributed by atoms with E-state index in [1.165, 1.54) is 0 Å². The van der Waals surface area contributed by atoms with Crippen molar-refractivity contribution in [1.29, 1.82) is 0 Å². The molecule has 0 aromatic rings. The van der Waals surface area contributed by atoms with Gasteiger partial charge in [-0.3, -0.25) is 9.69 Å². The molecule has 1 aliphatic heterocycles. The lowest BCUT2D eigenvalue weighted by atomic mass is 10.4. The van der Waals surface area contributed by atoms with Crippen LogP contribution in [-0.4, -0.2) is 37.1 Å². The van der Waals surface area contributed by atoms with Gasteiger partial charge in [-0.15, -0.1) is 0 Å². The molecule has 1 rings (SSSR count). The number of rotatable bonds is 1. The second kappa shape index (κ2) is 2.45. The quantitative estimate of drug-likeness (QED) is 0.493. The van der Waals surface area contributed by atoms with E-state index in [1.54, 1.807) is 6.92 Å². The summed E-state index contributed by atoms with van der Waals surface area (Å²) in [6.45, 7) is 3.09. The molecule has 3 nitrogen and oxygen atoms in total. The number of carbonyl (C=O) groups excluding carboxylic acids is 1. The van der Waals surface area contributed by atoms with E-state index >= 15 is 0 Å². The number of ketones is 1. The van der Waals surface area contributed by atoms with Gasteiger partial charge in [0.2, 0.25) is 0 Å². The van der Waals surface area contributed by atoms with Crippen molar-refractivity contribution in [2.75, 3.05) is 20.2 Å². The summed E-state index contributed by atoms with van der Waals surface area (Å²) in [5.74, 6) is 0.0926. The maximum absolute atomic E-state index is 10.7. The summed E-state index contributed by atoms with van der Waals surface area (Å²) in [7, 11) is 1.89. The Labute approximate surface area is 54.6 Å². The van der Waals surface area contributed by atoms with Gasteiger partial charge in [0.1, 0.15) is 0 Å². The number of carbonyl (C=O) groups is 1. The lowest BCUT2D eigenvalue weighted by molar-refractivity contribution is -0.131. The molecule has 1 aliphatic rings. The fourth-order valence-electron chi connectivity index (χ4n) is 0.981. The summed E-state index contributed by atoms with van der Waals surface area (Å²) < 4.78 is 5.10. The summed E-state index contributed by atoms with van der Waals surface area (Å²) in [6.07, 6.45) is -0.273. The van der Waals surface area contributed by atoms with Crippen molar-refractivity contribution in [3.05, 3.63) is 0 Å². The van der Waals surface area contributed by atoms with Crippen LogP contribution in [0.1, 0.15) is 6.92 Å². The van der Waals surface area contributed by atoms with Gasteiger partial charge in [-0.1, -0.05) is 0 Å². The molecule has 0 radical (unpaired) electrons. The molecule has 1 heterocycles. The molecule has 1 fully saturated rings. The van der Waals surface area contributed by atoms with Gasteiger partial charge in [0, 0.05) is 6.54 Å². The molecule has 52 valence electrons. The first-order chi connectivity index (χ1) is 4.22. The molecule has 0 N–H and O–H groups in total. The van der Waals surface area contributed by atoms with E-state index < -0.39 is 0 Å². The van der Waals surface area contributed by atoms with Gasteiger partial charge in [-0.05, 0) is 14.0 Å². The lowest BCUT2D eigenvalue weighted by Crippen LogP contribution is -2.31. The van der Waals surface area contributed by atoms with Crippen LogP contribution in [0.3, 0.4) is 0 Å². The Kier molecular flexibility index (Phi) is 1.83. The zero-order valence-corrected chi connectivity index (χ0v) is 5.76. The van der Waals surface area contributed by atoms with Crippen LogP contribution in [0.4, 0.5) is 0 Å². The van der Waals surface area contributed by atoms with Crippen molar-refractivity contribution in [2.24, 2.45) is 0 Å². The van der Waals surface area contributed by atoms with Crippen molar-refractivity contribution in [3.63, 3.8) is 0 Å². The van der Waals surface area contributed by atoms with Crippen molar-refractivity contribution in [2.45, 2.75) is 13.2 Å². The highest BCUT2D eigenvalue weighted by Gasteiger charge is 2.24. The second-order valence-corrected chi connectivity index (χ2v) is 2.31. The van der Waals surface area contributed by atoms with Crippen molar-refractivity contribution in [1.82, 2.24) is 4.90 Å². The monoisotopic (exact) mass is 129 g/mol. The molecule has 3 heteroatoms. The first kappa shape index (κ1) is 6.71. The molecule has 9 heavy (non-hydrogen) atoms. The molecule has 0 amide bonds. The smallest absolute Gasteiger partial charge is 0.173 e. The number of Topliss-reactive ketones (excluding diaryl/α,β-unsaturated/α-hetero) is 1. The molecule has 0 saturated carbocycles. The van der Waals surface area contributed by atoms with E-state index in [9.17, 15) is 4.79 Å². The summed E-state index contributed by atoms with van der Waals surface area (Å²) >= 11 is 0. The van der Waals surface area contributed by atoms with Gasteiger partial charge in [-0.25, -0.2) is 0 Å². The van der Waals surface area contributed by atoms with Crippen LogP contribution in [0.15, 0.2) is 0 Å². The predicted molar refractivity (Wildman–Crippen MR) is 33.1 cm³/mol. The van der Waals surface area contributed by atoms with Crippen molar-refractivity contribution < 1.29 is 9.53 Å². The Bertz CT molecular complexity index is 124. The maximum atomic E-state index is 10.7. The Hall–Kier alpha value is -0.410. The molecule has 0 aliphatic carbocycles. The van der Waals surface area contributed by atoms with Crippen LogP contribution in [0.5, 0.6) is 0 Å². The molecular formula is C6H11NO2. The first-order valence-corrected chi connectivity index (χ1v) is 3.04. The topological polar surface area (TPSA) is 29.5 Å². The third-order valence-corrected chi connectivity index (χ3v) is 1.47. The molecule has 0 bridgehead atoms. The molecule has 1 saturated heterocycles. The third-order valence-electron chi connectivity index (χ3n) is 1.47. The zero-order valence-electron chi connectivity index (χ0n) is 5.76. The molecular weight excluding hydrogens is 118 g/mol. The highest BCUT2D eigenvalue weighted by molar-refractivity contribution is 5.80. The average Bonchev–Trinajstić information content (AvgIpc) is 2.13. The number of hydrogen-bond acceptors (Lipinski definition) is 3. The fraction of sp³-hybridized carbons (Fsp3) is 0.833. The third kappa shape index (κ3) is 1.28. The predicted octanol–water partition coefficient (Wildman–Crippen LogP) is -0.137. The SMILES string of the molecule is CC(=O)[C@@H]1OCCN1C. The summed E-state index contributed by atoms with van der Waals surface area (Å²) in [5, 5.41) is 0. The normalized spacial score (nSPS) is 28.9. The number of likely N-dealkylation sites (N-methyl/N-ethyl adjacent to an activating group) is 1. The van der Waals surface area contributed by atoms with E-state index in [-0.39, 0.29) is 12.0 Å². The minimum absolute atomic E-state index is 0.0926. The van der Waals surface area contributed by atoms with E-state index in [1.807, 2.05) is 11.9 Å². The Morgan fingerprint density at radius 3 is 2.67 bits per heavy atom. The summed E-state index contributed by atoms with van der Waals surface area (Å²) in [4.78, 5) is 12.6. The minimum atomic E-state index is -0.273. The highest BCUT2D eigenvalue weighted by atomic mass is 16.5. The standard InChI is InChI=1S/C6H11NO2/c1-5(8)6-7(2)3-4-9-6/h6H,3-4H2,1-2H3/t6-/m0/s1. The first-order valence-electron chi connectivity index (χ1n) is 3.04. The van der Waals surface area contributed by atoms with E-state index in [0.29, 0.717) is 6.61 Å². The molecule has 0 aromatic carbocycles. The van der Waals surface area contributed by atoms with E-state index in [2.05, 4.69) is 0 Å². The number of ether oxygens (including phenoxy) is 1. The van der Waals surface area contributed by atoms with E-state index in [0.717, 1.165) is 6.54 Å². The summed E-state index contributed by atoms with van der Waals surface area (Å²) in [6, 6.07) is 0. The van der Waals surface area contributed by atoms with Crippen LogP contribution in [-0.2, 0) is 9.53 Å². The van der Waals surface area contributed by atoms with Gasteiger partial charge in [0.15, 0.2) is 12.0 Å². The van der Waals surface area contributed by atoms with Gasteiger partial charge in [0.25, 0.3) is 0 Å². The van der Waals surface area contributed by atoms with Crippen LogP contribution >= 0.6 is 0 Å². The van der Waals surface area contributed by atoms with Crippen LogP contribution in [0.2, 0.25) is 0 Å². The Morgan fingerprint density at radius 1 is 1.78 bits per heavy atom.